The third-order valence-electron chi connectivity index (χ3n) is 3.36. The zero-order chi connectivity index (χ0) is 17.5. The summed E-state index contributed by atoms with van der Waals surface area (Å²) in [6, 6.07) is 8.48. The first-order valence-electron chi connectivity index (χ1n) is 8.33. The van der Waals surface area contributed by atoms with Gasteiger partial charge in [-0.15, -0.1) is 0 Å². The maximum Gasteiger partial charge on any atom is 0.407 e. The molecule has 0 heterocycles. The lowest BCUT2D eigenvalue weighted by Crippen LogP contribution is -2.38. The number of carbonyl (C=O) groups excluding carboxylic acids is 1. The number of hydrogen-bond acceptors (Lipinski definition) is 4. The quantitative estimate of drug-likeness (QED) is 0.801. The molecule has 2 N–H and O–H groups in total. The summed E-state index contributed by atoms with van der Waals surface area (Å²) in [5.41, 5.74) is 1.79. The van der Waals surface area contributed by atoms with Gasteiger partial charge in [-0.3, -0.25) is 0 Å². The standard InChI is InChI=1S/C18H31N3O2/c1-7-21(8-2)16-11-9-15(10-12-16)20-14(3)13-19-17(22)23-18(4,5)6/h9-12,14,20H,7-8,13H2,1-6H3,(H,19,22). The van der Waals surface area contributed by atoms with Crippen molar-refractivity contribution >= 4 is 17.5 Å². The maximum atomic E-state index is 11.6. The smallest absolute Gasteiger partial charge is 0.407 e. The van der Waals surface area contributed by atoms with E-state index in [2.05, 4.69) is 53.6 Å². The molecule has 0 spiro atoms. The number of nitrogens with zero attached hydrogens (tertiary/aromatic N) is 1. The molecule has 1 amide bonds. The Bertz CT molecular complexity index is 476. The van der Waals surface area contributed by atoms with Crippen LogP contribution in [0.4, 0.5) is 16.2 Å². The highest BCUT2D eigenvalue weighted by atomic mass is 16.6. The molecular weight excluding hydrogens is 290 g/mol. The fourth-order valence-electron chi connectivity index (χ4n) is 2.24. The Morgan fingerprint density at radius 3 is 2.22 bits per heavy atom. The van der Waals surface area contributed by atoms with E-state index in [0.29, 0.717) is 6.54 Å². The van der Waals surface area contributed by atoms with E-state index in [4.69, 9.17) is 4.74 Å². The average molecular weight is 321 g/mol. The Kier molecular flexibility index (Phi) is 7.20. The van der Waals surface area contributed by atoms with Crippen LogP contribution < -0.4 is 15.5 Å². The number of benzene rings is 1. The van der Waals surface area contributed by atoms with Crippen LogP contribution in [-0.2, 0) is 4.74 Å². The molecule has 1 unspecified atom stereocenters. The molecule has 0 fully saturated rings. The molecule has 0 aromatic heterocycles. The molecule has 0 saturated carbocycles. The Labute approximate surface area is 140 Å². The highest BCUT2D eigenvalue weighted by Crippen LogP contribution is 2.18. The predicted molar refractivity (Wildman–Crippen MR) is 97.3 cm³/mol. The van der Waals surface area contributed by atoms with Crippen molar-refractivity contribution in [2.45, 2.75) is 53.2 Å². The van der Waals surface area contributed by atoms with Gasteiger partial charge in [0.15, 0.2) is 0 Å². The van der Waals surface area contributed by atoms with E-state index in [0.717, 1.165) is 18.8 Å². The zero-order valence-corrected chi connectivity index (χ0v) is 15.3. The minimum Gasteiger partial charge on any atom is -0.444 e. The second-order valence-corrected chi connectivity index (χ2v) is 6.65. The van der Waals surface area contributed by atoms with Crippen LogP contribution in [0, 0.1) is 0 Å². The first-order chi connectivity index (χ1) is 10.7. The number of alkyl carbamates (subject to hydrolysis) is 1. The summed E-state index contributed by atoms with van der Waals surface area (Å²) >= 11 is 0. The summed E-state index contributed by atoms with van der Waals surface area (Å²) in [5, 5.41) is 6.15. The molecule has 130 valence electrons. The number of ether oxygens (including phenoxy) is 1. The predicted octanol–water partition coefficient (Wildman–Crippen LogP) is 3.86. The highest BCUT2D eigenvalue weighted by Gasteiger charge is 2.16. The maximum absolute atomic E-state index is 11.6. The van der Waals surface area contributed by atoms with E-state index in [1.165, 1.54) is 5.69 Å². The van der Waals surface area contributed by atoms with Gasteiger partial charge in [-0.1, -0.05) is 0 Å². The minimum atomic E-state index is -0.471. The first-order valence-corrected chi connectivity index (χ1v) is 8.33. The van der Waals surface area contributed by atoms with Crippen LogP contribution >= 0.6 is 0 Å². The monoisotopic (exact) mass is 321 g/mol. The van der Waals surface area contributed by atoms with Crippen LogP contribution in [-0.4, -0.2) is 37.4 Å². The van der Waals surface area contributed by atoms with Gasteiger partial charge in [0.25, 0.3) is 0 Å². The van der Waals surface area contributed by atoms with Gasteiger partial charge in [-0.25, -0.2) is 4.79 Å². The van der Waals surface area contributed by atoms with Gasteiger partial charge in [-0.2, -0.15) is 0 Å². The largest absolute Gasteiger partial charge is 0.444 e. The summed E-state index contributed by atoms with van der Waals surface area (Å²) in [6.45, 7) is 14.4. The fraction of sp³-hybridized carbons (Fsp3) is 0.611. The lowest BCUT2D eigenvalue weighted by molar-refractivity contribution is 0.0526. The summed E-state index contributed by atoms with van der Waals surface area (Å²) < 4.78 is 5.22. The molecule has 0 aliphatic heterocycles. The molecular formula is C18H31N3O2. The number of amides is 1. The van der Waals surface area contributed by atoms with Crippen molar-refractivity contribution in [3.05, 3.63) is 24.3 Å². The summed E-state index contributed by atoms with van der Waals surface area (Å²) in [7, 11) is 0. The summed E-state index contributed by atoms with van der Waals surface area (Å²) in [5.74, 6) is 0. The number of rotatable bonds is 7. The molecule has 1 atom stereocenters. The van der Waals surface area contributed by atoms with Gasteiger partial charge in [0, 0.05) is 37.1 Å². The van der Waals surface area contributed by atoms with Crippen LogP contribution in [0.2, 0.25) is 0 Å². The minimum absolute atomic E-state index is 0.113. The molecule has 5 heteroatoms. The second kappa shape index (κ2) is 8.65. The third-order valence-corrected chi connectivity index (χ3v) is 3.36. The molecule has 0 radical (unpaired) electrons. The zero-order valence-electron chi connectivity index (χ0n) is 15.3. The van der Waals surface area contributed by atoms with E-state index >= 15 is 0 Å². The van der Waals surface area contributed by atoms with Crippen molar-refractivity contribution in [3.63, 3.8) is 0 Å². The van der Waals surface area contributed by atoms with Crippen molar-refractivity contribution in [2.75, 3.05) is 29.9 Å². The molecule has 23 heavy (non-hydrogen) atoms. The first kappa shape index (κ1) is 19.1. The molecule has 5 nitrogen and oxygen atoms in total. The molecule has 0 bridgehead atoms. The Morgan fingerprint density at radius 2 is 1.74 bits per heavy atom. The van der Waals surface area contributed by atoms with Gasteiger partial charge < -0.3 is 20.3 Å². The van der Waals surface area contributed by atoms with Gasteiger partial charge in [0.1, 0.15) is 5.60 Å². The van der Waals surface area contributed by atoms with Crippen LogP contribution in [0.1, 0.15) is 41.5 Å². The second-order valence-electron chi connectivity index (χ2n) is 6.65. The summed E-state index contributed by atoms with van der Waals surface area (Å²) in [4.78, 5) is 13.9. The molecule has 1 aromatic carbocycles. The van der Waals surface area contributed by atoms with E-state index in [1.807, 2.05) is 27.7 Å². The van der Waals surface area contributed by atoms with Crippen molar-refractivity contribution in [3.8, 4) is 0 Å². The lowest BCUT2D eigenvalue weighted by atomic mass is 10.2. The van der Waals surface area contributed by atoms with Crippen molar-refractivity contribution in [1.82, 2.24) is 5.32 Å². The molecule has 0 aliphatic carbocycles. The topological polar surface area (TPSA) is 53.6 Å². The van der Waals surface area contributed by atoms with E-state index in [-0.39, 0.29) is 12.1 Å². The number of carbonyl (C=O) groups is 1. The van der Waals surface area contributed by atoms with E-state index in [1.54, 1.807) is 0 Å². The van der Waals surface area contributed by atoms with Crippen LogP contribution in [0.15, 0.2) is 24.3 Å². The summed E-state index contributed by atoms with van der Waals surface area (Å²) in [6.07, 6.45) is -0.386. The Morgan fingerprint density at radius 1 is 1.17 bits per heavy atom. The van der Waals surface area contributed by atoms with Crippen molar-refractivity contribution in [2.24, 2.45) is 0 Å². The van der Waals surface area contributed by atoms with Gasteiger partial charge in [0.2, 0.25) is 0 Å². The number of anilines is 2. The van der Waals surface area contributed by atoms with Gasteiger partial charge in [-0.05, 0) is 65.8 Å². The van der Waals surface area contributed by atoms with Crippen LogP contribution in [0.25, 0.3) is 0 Å². The molecule has 0 aliphatic rings. The lowest BCUT2D eigenvalue weighted by Gasteiger charge is -2.23. The SMILES string of the molecule is CCN(CC)c1ccc(NC(C)CNC(=O)OC(C)(C)C)cc1. The number of hydrogen-bond donors (Lipinski definition) is 2. The van der Waals surface area contributed by atoms with E-state index in [9.17, 15) is 4.79 Å². The third kappa shape index (κ3) is 7.26. The van der Waals surface area contributed by atoms with Gasteiger partial charge >= 0.3 is 6.09 Å². The molecule has 0 saturated heterocycles. The highest BCUT2D eigenvalue weighted by molar-refractivity contribution is 5.67. The normalized spacial score (nSPS) is 12.4. The average Bonchev–Trinajstić information content (AvgIpc) is 2.46. The van der Waals surface area contributed by atoms with Gasteiger partial charge in [0.05, 0.1) is 0 Å². The molecule has 1 rings (SSSR count). The van der Waals surface area contributed by atoms with Crippen LogP contribution in [0.5, 0.6) is 0 Å². The van der Waals surface area contributed by atoms with E-state index < -0.39 is 5.60 Å². The fourth-order valence-corrected chi connectivity index (χ4v) is 2.24. The Balaban J connectivity index is 2.45. The number of nitrogens with one attached hydrogen (secondary N) is 2. The van der Waals surface area contributed by atoms with Crippen LogP contribution in [0.3, 0.4) is 0 Å². The van der Waals surface area contributed by atoms with Crippen molar-refractivity contribution < 1.29 is 9.53 Å². The van der Waals surface area contributed by atoms with Crippen molar-refractivity contribution in [1.29, 1.82) is 0 Å². The molecule has 1 aromatic rings. The Hall–Kier alpha value is -1.91.